The number of anilines is 2. The van der Waals surface area contributed by atoms with Crippen molar-refractivity contribution in [2.75, 3.05) is 5.32 Å². The molecule has 20 heteroatoms. The number of aromatic hydroxyl groups is 1. The van der Waals surface area contributed by atoms with Crippen molar-refractivity contribution in [1.29, 1.82) is 5.41 Å². The number of carboxylic acid groups (broad SMARTS) is 1. The quantitative estimate of drug-likeness (QED) is 0.0840. The summed E-state index contributed by atoms with van der Waals surface area (Å²) in [5.74, 6) is -2.20. The molecule has 0 amide bonds. The summed E-state index contributed by atoms with van der Waals surface area (Å²) in [6.45, 7) is 0. The fourth-order valence-corrected chi connectivity index (χ4v) is 5.51. The first-order valence-corrected chi connectivity index (χ1v) is 15.7. The molecule has 0 aliphatic carbocycles. The summed E-state index contributed by atoms with van der Waals surface area (Å²) in [6.07, 6.45) is 0. The lowest BCUT2D eigenvalue weighted by molar-refractivity contribution is 0.0697. The van der Waals surface area contributed by atoms with E-state index in [-0.39, 0.29) is 49.3 Å². The minimum absolute atomic E-state index is 0.0189. The number of phenols is 1. The second kappa shape index (κ2) is 12.1. The third-order valence-corrected chi connectivity index (χ3v) is 8.02. The molecule has 4 aromatic carbocycles. The summed E-state index contributed by atoms with van der Waals surface area (Å²) >= 11 is 5.78. The Balaban J connectivity index is 1.58. The predicted octanol–water partition coefficient (Wildman–Crippen LogP) is 4.31. The van der Waals surface area contributed by atoms with Crippen LogP contribution in [0.5, 0.6) is 5.75 Å². The summed E-state index contributed by atoms with van der Waals surface area (Å²) in [5.41, 5.74) is -1.11. The van der Waals surface area contributed by atoms with E-state index in [0.717, 1.165) is 18.2 Å². The zero-order valence-electron chi connectivity index (χ0n) is 22.7. The maximum Gasteiger partial charge on any atom is 0.338 e. The van der Waals surface area contributed by atoms with Crippen LogP contribution in [0.4, 0.5) is 28.4 Å². The van der Waals surface area contributed by atoms with Gasteiger partial charge in [0.25, 0.3) is 20.2 Å². The fourth-order valence-electron chi connectivity index (χ4n) is 4.15. The lowest BCUT2D eigenvalue weighted by Crippen LogP contribution is -2.25. The van der Waals surface area contributed by atoms with Gasteiger partial charge in [-0.3, -0.25) is 19.5 Å². The van der Waals surface area contributed by atoms with Crippen molar-refractivity contribution in [2.24, 2.45) is 15.2 Å². The smallest absolute Gasteiger partial charge is 0.338 e. The molecule has 0 atom stereocenters. The number of carbonyl (C=O) groups is 1. The van der Waals surface area contributed by atoms with E-state index >= 15 is 0 Å². The first-order chi connectivity index (χ1) is 21.6. The van der Waals surface area contributed by atoms with Crippen LogP contribution in [0.15, 0.2) is 91.7 Å². The van der Waals surface area contributed by atoms with Gasteiger partial charge in [0.05, 0.1) is 16.1 Å². The lowest BCUT2D eigenvalue weighted by Gasteiger charge is -2.12. The summed E-state index contributed by atoms with van der Waals surface area (Å²) in [5, 5.41) is 39.0. The lowest BCUT2D eigenvalue weighted by atomic mass is 10.1. The Hall–Kier alpha value is -5.47. The molecule has 0 aliphatic rings. The topological polar surface area (TPSA) is 284 Å². The highest BCUT2D eigenvalue weighted by molar-refractivity contribution is 7.86. The number of fused-ring (bicyclic) bond motifs is 1. The van der Waals surface area contributed by atoms with Gasteiger partial charge in [-0.1, -0.05) is 12.1 Å². The number of nitrogens with zero attached hydrogens (tertiary/aromatic N) is 4. The maximum atomic E-state index is 12.2. The van der Waals surface area contributed by atoms with Crippen LogP contribution in [-0.2, 0) is 20.2 Å². The Morgan fingerprint density at radius 1 is 0.913 bits per heavy atom. The van der Waals surface area contributed by atoms with Crippen molar-refractivity contribution in [1.82, 2.24) is 15.0 Å². The van der Waals surface area contributed by atoms with Crippen LogP contribution in [-0.4, -0.2) is 57.1 Å². The second-order valence-electron chi connectivity index (χ2n) is 9.28. The van der Waals surface area contributed by atoms with Crippen LogP contribution in [0.3, 0.4) is 0 Å². The van der Waals surface area contributed by atoms with Gasteiger partial charge in [0.1, 0.15) is 16.3 Å². The van der Waals surface area contributed by atoms with Gasteiger partial charge in [-0.15, -0.1) is 10.2 Å². The maximum absolute atomic E-state index is 12.2. The fraction of sp³-hybridized carbons (Fsp3) is 0. The number of carboxylic acids is 1. The van der Waals surface area contributed by atoms with Crippen LogP contribution < -0.4 is 16.6 Å². The molecule has 8 N–H and O–H groups in total. The number of benzene rings is 4. The summed E-state index contributed by atoms with van der Waals surface area (Å²) < 4.78 is 66.7. The molecule has 0 spiro atoms. The number of phenolic OH excluding ortho intramolecular Hbond substituents is 1. The van der Waals surface area contributed by atoms with E-state index in [1.807, 2.05) is 0 Å². The molecule has 5 rings (SSSR count). The first kappa shape index (κ1) is 31.9. The Labute approximate surface area is 262 Å². The third-order valence-electron chi connectivity index (χ3n) is 6.13. The highest BCUT2D eigenvalue weighted by atomic mass is 35.5. The molecule has 0 bridgehead atoms. The Morgan fingerprint density at radius 3 is 2.33 bits per heavy atom. The number of rotatable bonds is 8. The molecule has 5 aromatic rings. The van der Waals surface area contributed by atoms with Crippen molar-refractivity contribution in [3.63, 3.8) is 0 Å². The number of halogens is 1. The zero-order valence-corrected chi connectivity index (χ0v) is 25.1. The number of hydrogen-bond donors (Lipinski definition) is 8. The number of hydrogen-bond acceptors (Lipinski definition) is 12. The average molecular weight is 687 g/mol. The van der Waals surface area contributed by atoms with E-state index in [1.165, 1.54) is 48.5 Å². The van der Waals surface area contributed by atoms with Crippen molar-refractivity contribution in [3.8, 4) is 5.75 Å². The Bertz CT molecular complexity index is 2440. The SMILES string of the molecule is N=c1nc(Cl)[nH]c(=Nc2ccc(N=Nc3c(S(=O)(=O)O)cc4ccc(Nc5cccc(S(=O)(=O)O)c5)cc4c3O)c(C(=O)O)c2)[nH]1. The van der Waals surface area contributed by atoms with Crippen molar-refractivity contribution < 1.29 is 40.9 Å². The van der Waals surface area contributed by atoms with Gasteiger partial charge >= 0.3 is 5.97 Å². The number of aromatic nitrogens is 3. The molecule has 1 aromatic heterocycles. The van der Waals surface area contributed by atoms with Gasteiger partial charge in [-0.2, -0.15) is 21.8 Å². The van der Waals surface area contributed by atoms with E-state index < -0.39 is 48.1 Å². The standard InChI is InChI=1S/C26H19ClN8O9S2/c27-24-31-25(28)33-26(32-24)30-15-6-7-19(18(11-15)23(37)38)34-35-21-20(46(42,43)44)8-12-4-5-14(10-17(12)22(21)36)29-13-2-1-3-16(9-13)45(39,40)41/h1-11,29,36H,(H,37,38)(H,39,40,41)(H,42,43,44)(H3,28,30,31,32,33). The second-order valence-corrected chi connectivity index (χ2v) is 12.4. The number of aromatic carboxylic acids is 1. The molecule has 0 aliphatic heterocycles. The van der Waals surface area contributed by atoms with Crippen LogP contribution in [0.2, 0.25) is 5.28 Å². The third kappa shape index (κ3) is 7.08. The molecular formula is C26H19ClN8O9S2. The monoisotopic (exact) mass is 686 g/mol. The molecule has 0 saturated carbocycles. The molecule has 17 nitrogen and oxygen atoms in total. The van der Waals surface area contributed by atoms with E-state index in [1.54, 1.807) is 0 Å². The van der Waals surface area contributed by atoms with Crippen LogP contribution in [0.1, 0.15) is 10.4 Å². The minimum atomic E-state index is -4.98. The van der Waals surface area contributed by atoms with Gasteiger partial charge in [0.2, 0.25) is 16.5 Å². The van der Waals surface area contributed by atoms with E-state index in [2.05, 4.69) is 35.5 Å². The largest absolute Gasteiger partial charge is 0.505 e. The molecule has 0 saturated heterocycles. The van der Waals surface area contributed by atoms with Gasteiger partial charge in [-0.25, -0.2) is 9.79 Å². The zero-order chi connectivity index (χ0) is 33.4. The number of azo groups is 1. The summed E-state index contributed by atoms with van der Waals surface area (Å²) in [6, 6.07) is 14.1. The summed E-state index contributed by atoms with van der Waals surface area (Å²) in [7, 11) is -9.47. The number of aromatic amines is 2. The Morgan fingerprint density at radius 2 is 1.65 bits per heavy atom. The molecule has 0 fully saturated rings. The highest BCUT2D eigenvalue weighted by Crippen LogP contribution is 2.42. The highest BCUT2D eigenvalue weighted by Gasteiger charge is 2.23. The Kier molecular flexibility index (Phi) is 8.43. The molecule has 0 radical (unpaired) electrons. The predicted molar refractivity (Wildman–Crippen MR) is 162 cm³/mol. The van der Waals surface area contributed by atoms with E-state index in [9.17, 15) is 40.9 Å². The van der Waals surface area contributed by atoms with Gasteiger partial charge < -0.3 is 20.5 Å². The normalized spacial score (nSPS) is 12.5. The minimum Gasteiger partial charge on any atom is -0.505 e. The van der Waals surface area contributed by atoms with E-state index in [4.69, 9.17) is 17.0 Å². The van der Waals surface area contributed by atoms with Crippen molar-refractivity contribution in [2.45, 2.75) is 9.79 Å². The van der Waals surface area contributed by atoms with Crippen LogP contribution >= 0.6 is 11.6 Å². The van der Waals surface area contributed by atoms with Gasteiger partial charge in [0.15, 0.2) is 5.75 Å². The number of H-pyrrole nitrogens is 2. The molecule has 0 unspecified atom stereocenters. The van der Waals surface area contributed by atoms with Crippen LogP contribution in [0, 0.1) is 5.41 Å². The molecule has 236 valence electrons. The van der Waals surface area contributed by atoms with Crippen molar-refractivity contribution in [3.05, 3.63) is 88.8 Å². The molecule has 1 heterocycles. The average Bonchev–Trinajstić information content (AvgIpc) is 2.96. The van der Waals surface area contributed by atoms with Crippen LogP contribution in [0.25, 0.3) is 10.8 Å². The molecule has 46 heavy (non-hydrogen) atoms. The van der Waals surface area contributed by atoms with Crippen molar-refractivity contribution >= 4 is 77.0 Å². The van der Waals surface area contributed by atoms with Gasteiger partial charge in [-0.05, 0) is 71.6 Å². The van der Waals surface area contributed by atoms with Gasteiger partial charge in [0, 0.05) is 16.8 Å². The summed E-state index contributed by atoms with van der Waals surface area (Å²) in [4.78, 5) is 23.6. The number of nitrogens with one attached hydrogen (secondary N) is 4. The first-order valence-electron chi connectivity index (χ1n) is 12.4. The molecular weight excluding hydrogens is 668 g/mol. The van der Waals surface area contributed by atoms with E-state index in [0.29, 0.717) is 5.69 Å².